The van der Waals surface area contributed by atoms with E-state index in [0.717, 1.165) is 27.7 Å². The lowest BCUT2D eigenvalue weighted by Crippen LogP contribution is -2.71. The summed E-state index contributed by atoms with van der Waals surface area (Å²) in [5, 5.41) is 290. The minimum Gasteiger partial charge on any atom is -0.394 e. The summed E-state index contributed by atoms with van der Waals surface area (Å²) >= 11 is 0. The van der Waals surface area contributed by atoms with Gasteiger partial charge in [0.1, 0.15) is 238 Å². The molecule has 62 heteroatoms. The molecule has 754 valence electrons. The molecule has 10 saturated heterocycles. The van der Waals surface area contributed by atoms with Crippen molar-refractivity contribution in [2.24, 2.45) is 0 Å². The second-order valence-electron chi connectivity index (χ2n) is 32.1. The molecule has 0 unspecified atom stereocenters. The standard InChI is InChI=1S/C68H114N4O56S2/c1-15-33(82)43(92)48(97)63(112-15)108-12-26-53(39(88)29(59(101)113-26)69-16(2)78)122-60-30(70-17(3)79)40(89)52(24(10-77)118-60)123-66-51(100)56(126-68-58(47(96)37(86)23(9-76)117-68)128-62-32(72-19(5)81)42(91)55(28(121-62)14-111-130(105,106)107)125-65-50(99)45(94)35(84)21(7-74)115-65)38(87)25(119-66)11-109-67-57(46(95)36(85)22(8-75)116-67)127-61-31(71-18(4)80)41(90)54(27(120-61)13-110-129(102,103)104)124-64-49(98)44(93)34(83)20(6-73)114-64/h15,20-68,73-77,82-101H,6-14H2,1-5H3,(H,69,78)(H,70,79)(H,71,80)(H,72,81)(H,102,103,104)(H,105,106,107)/t15-,20+,21+,22+,23+,24+,25+,26+,27+,28+,29+,30+,31+,32+,33+,34-,35-,36+,37+,38+,39+,40+,41+,42+,43+,44-,45-,46-,47-,48-,49+,50+,51-,52+,53+,54+,55+,56-,57-,58-,59+,60-,61-,62-,63+,64-,65-,66-,67-,68+/m0/s1. The van der Waals surface area contributed by atoms with Gasteiger partial charge in [-0.1, -0.05) is 0 Å². The summed E-state index contributed by atoms with van der Waals surface area (Å²) in [6.07, 6.45) is -102. The SMILES string of the molecule is CC(=O)N[C@@H]1[C@@H](O)[C@H](O[C@@H]2O[C@H](CO)[C@@H](O[C@@H]3O[C@H](CO[C@H]4O[C@H](CO)[C@@H](O)[C@H](O)[C@@H]4O[C@@H]4O[C@H](COS(=O)(=O)O)[C@@H](O[C@@H]5O[C@H](CO)[C@H](O)[C@H](O)[C@H]5O)[C@H](O)[C@H]4NC(C)=O)[C@@H](O)[C@H](O[C@H]4O[C@H](CO)[C@@H](O)[C@H](O)[C@@H]4O[C@@H]4O[C@H](COS(=O)(=O)O)[C@@H](O[C@@H]5O[C@H](CO)[C@H](O)[C@H](O)[C@H]5O)[C@H](O)[C@H]4NC(C)=O)[C@@H]3O)[C@H](O)[C@H]2NC(C)=O)[C@@H](CO[C@@H]2O[C@@H](C)[C@@H](O)[C@@H](O)[C@@H]2O)O[C@H]1O. The third kappa shape index (κ3) is 25.3. The molecule has 60 nitrogen and oxygen atoms in total. The van der Waals surface area contributed by atoms with Crippen LogP contribution >= 0.6 is 0 Å². The van der Waals surface area contributed by atoms with Gasteiger partial charge in [-0.25, -0.2) is 8.37 Å². The summed E-state index contributed by atoms with van der Waals surface area (Å²) in [6.45, 7) is -6.36. The van der Waals surface area contributed by atoms with E-state index in [0.29, 0.717) is 0 Å². The molecule has 31 N–H and O–H groups in total. The van der Waals surface area contributed by atoms with E-state index in [2.05, 4.69) is 29.6 Å². The van der Waals surface area contributed by atoms with Crippen LogP contribution in [0.1, 0.15) is 34.6 Å². The molecule has 0 aromatic rings. The number of hydrogen-bond acceptors (Lipinski definition) is 54. The van der Waals surface area contributed by atoms with E-state index >= 15 is 0 Å². The number of ether oxygens (including phenoxy) is 19. The first-order valence-electron chi connectivity index (χ1n) is 40.3. The maximum absolute atomic E-state index is 13.3. The highest BCUT2D eigenvalue weighted by molar-refractivity contribution is 7.81. The Morgan fingerprint density at radius 2 is 0.531 bits per heavy atom. The largest absolute Gasteiger partial charge is 0.397 e. The fourth-order valence-corrected chi connectivity index (χ4v) is 16.7. The highest BCUT2D eigenvalue weighted by Gasteiger charge is 2.62. The summed E-state index contributed by atoms with van der Waals surface area (Å²) in [4.78, 5) is 52.0. The van der Waals surface area contributed by atoms with E-state index in [1.165, 1.54) is 6.92 Å². The Hall–Kier alpha value is -4.14. The summed E-state index contributed by atoms with van der Waals surface area (Å²) in [7, 11) is -11.1. The molecule has 0 aromatic heterocycles. The van der Waals surface area contributed by atoms with Crippen molar-refractivity contribution in [2.75, 3.05) is 59.5 Å². The Balaban J connectivity index is 1.01. The zero-order chi connectivity index (χ0) is 96.2. The van der Waals surface area contributed by atoms with Gasteiger partial charge in [0.25, 0.3) is 0 Å². The van der Waals surface area contributed by atoms with Gasteiger partial charge in [0.05, 0.1) is 65.6 Å². The summed E-state index contributed by atoms with van der Waals surface area (Å²) in [5.74, 6) is -4.09. The minimum atomic E-state index is -5.55. The maximum Gasteiger partial charge on any atom is 0.397 e. The first-order valence-corrected chi connectivity index (χ1v) is 43.0. The van der Waals surface area contributed by atoms with Gasteiger partial charge < -0.3 is 239 Å². The number of nitrogens with one attached hydrogen (secondary N) is 4. The topological polar surface area (TPSA) is 925 Å². The van der Waals surface area contributed by atoms with Crippen molar-refractivity contribution in [3.63, 3.8) is 0 Å². The fourth-order valence-electron chi connectivity index (χ4n) is 16.1. The zero-order valence-electron chi connectivity index (χ0n) is 69.0. The number of aliphatic hydroxyl groups excluding tert-OH is 25. The Morgan fingerprint density at radius 1 is 0.254 bits per heavy atom. The molecule has 10 rings (SSSR count). The molecule has 10 aliphatic heterocycles. The second kappa shape index (κ2) is 46.1. The third-order valence-electron chi connectivity index (χ3n) is 22.8. The quantitative estimate of drug-likeness (QED) is 0.0262. The van der Waals surface area contributed by atoms with Gasteiger partial charge in [-0.05, 0) is 6.92 Å². The lowest BCUT2D eigenvalue weighted by molar-refractivity contribution is -0.399. The molecular weight excluding hydrogens is 1830 g/mol. The summed E-state index contributed by atoms with van der Waals surface area (Å²) < 4.78 is 190. The highest BCUT2D eigenvalue weighted by atomic mass is 32.3. The Morgan fingerprint density at radius 3 is 0.931 bits per heavy atom. The van der Waals surface area contributed by atoms with Crippen LogP contribution in [0.25, 0.3) is 0 Å². The molecule has 10 aliphatic rings. The zero-order valence-corrected chi connectivity index (χ0v) is 70.6. The molecule has 50 atom stereocenters. The van der Waals surface area contributed by atoms with E-state index in [4.69, 9.17) is 90.0 Å². The smallest absolute Gasteiger partial charge is 0.394 e. The molecule has 10 heterocycles. The fraction of sp³-hybridized carbons (Fsp3) is 0.941. The van der Waals surface area contributed by atoms with Crippen molar-refractivity contribution >= 4 is 44.4 Å². The molecule has 0 radical (unpaired) electrons. The normalized spacial score (nSPS) is 47.6. The van der Waals surface area contributed by atoms with Crippen molar-refractivity contribution < 1.29 is 271 Å². The lowest BCUT2D eigenvalue weighted by Gasteiger charge is -2.51. The summed E-state index contributed by atoms with van der Waals surface area (Å²) in [5.41, 5.74) is 0. The van der Waals surface area contributed by atoms with Crippen LogP contribution in [0.2, 0.25) is 0 Å². The summed E-state index contributed by atoms with van der Waals surface area (Å²) in [6, 6.07) is -8.21. The van der Waals surface area contributed by atoms with Crippen molar-refractivity contribution in [1.29, 1.82) is 0 Å². The molecule has 0 bridgehead atoms. The predicted octanol–water partition coefficient (Wildman–Crippen LogP) is -21.5. The number of aliphatic hydroxyl groups is 25. The molecule has 0 aromatic carbocycles. The van der Waals surface area contributed by atoms with Gasteiger partial charge >= 0.3 is 20.8 Å². The predicted molar refractivity (Wildman–Crippen MR) is 395 cm³/mol. The minimum absolute atomic E-state index is 0.831. The Kier molecular flexibility index (Phi) is 38.3. The molecule has 10 fully saturated rings. The van der Waals surface area contributed by atoms with Gasteiger partial charge in [0.2, 0.25) is 23.6 Å². The van der Waals surface area contributed by atoms with Crippen molar-refractivity contribution in [3.05, 3.63) is 0 Å². The van der Waals surface area contributed by atoms with E-state index in [9.17, 15) is 173 Å². The van der Waals surface area contributed by atoms with E-state index in [1.807, 2.05) is 0 Å². The number of hydrogen-bond donors (Lipinski definition) is 31. The van der Waals surface area contributed by atoms with E-state index in [1.54, 1.807) is 0 Å². The first-order chi connectivity index (χ1) is 61.0. The second-order valence-corrected chi connectivity index (χ2v) is 34.2. The number of rotatable bonds is 35. The van der Waals surface area contributed by atoms with Crippen LogP contribution in [0.5, 0.6) is 0 Å². The van der Waals surface area contributed by atoms with Gasteiger partial charge in [-0.15, -0.1) is 0 Å². The maximum atomic E-state index is 13.3. The van der Waals surface area contributed by atoms with Crippen LogP contribution in [-0.2, 0) is 138 Å². The van der Waals surface area contributed by atoms with Crippen molar-refractivity contribution in [3.8, 4) is 0 Å². The Bertz CT molecular complexity index is 3850. The highest BCUT2D eigenvalue weighted by Crippen LogP contribution is 2.41. The van der Waals surface area contributed by atoms with E-state index < -0.39 is 411 Å². The molecule has 130 heavy (non-hydrogen) atoms. The van der Waals surface area contributed by atoms with Gasteiger partial charge in [-0.3, -0.25) is 28.3 Å². The van der Waals surface area contributed by atoms with Crippen molar-refractivity contribution in [2.45, 2.75) is 341 Å². The molecule has 0 spiro atoms. The number of carbonyl (C=O) groups excluding carboxylic acids is 4. The number of carbonyl (C=O) groups is 4. The van der Waals surface area contributed by atoms with Gasteiger partial charge in [0.15, 0.2) is 62.9 Å². The lowest BCUT2D eigenvalue weighted by atomic mass is 9.93. The van der Waals surface area contributed by atoms with Crippen LogP contribution in [0.4, 0.5) is 0 Å². The molecule has 0 aliphatic carbocycles. The Labute approximate surface area is 735 Å². The van der Waals surface area contributed by atoms with Crippen LogP contribution in [0.3, 0.4) is 0 Å². The van der Waals surface area contributed by atoms with Gasteiger partial charge in [0, 0.05) is 27.7 Å². The molecular formula is C68H114N4O56S2. The van der Waals surface area contributed by atoms with Crippen LogP contribution in [-0.4, -0.2) is 544 Å². The molecule has 0 saturated carbocycles. The average molecular weight is 1950 g/mol. The number of amides is 4. The van der Waals surface area contributed by atoms with E-state index in [-0.39, 0.29) is 0 Å². The average Bonchev–Trinajstić information content (AvgIpc) is 0.827. The van der Waals surface area contributed by atoms with Crippen LogP contribution < -0.4 is 21.3 Å². The van der Waals surface area contributed by atoms with Crippen LogP contribution in [0, 0.1) is 0 Å². The molecule has 4 amide bonds. The third-order valence-corrected chi connectivity index (χ3v) is 23.7. The monoisotopic (exact) mass is 1950 g/mol. The van der Waals surface area contributed by atoms with Crippen molar-refractivity contribution in [1.82, 2.24) is 21.3 Å². The van der Waals surface area contributed by atoms with Crippen LogP contribution in [0.15, 0.2) is 0 Å². The first kappa shape index (κ1) is 108. The van der Waals surface area contributed by atoms with Gasteiger partial charge in [-0.2, -0.15) is 16.8 Å².